The van der Waals surface area contributed by atoms with Gasteiger partial charge >= 0.3 is 0 Å². The third-order valence-corrected chi connectivity index (χ3v) is 3.26. The fourth-order valence-corrected chi connectivity index (χ4v) is 2.09. The molecule has 2 amide bonds. The first-order valence-corrected chi connectivity index (χ1v) is 6.49. The molecule has 0 aliphatic carbocycles. The number of hydrogen-bond acceptors (Lipinski definition) is 3. The Labute approximate surface area is 116 Å². The maximum absolute atomic E-state index is 12.2. The molecule has 1 aliphatic rings. The lowest BCUT2D eigenvalue weighted by atomic mass is 10.1. The van der Waals surface area contributed by atoms with Crippen LogP contribution in [0.3, 0.4) is 0 Å². The zero-order chi connectivity index (χ0) is 14.0. The maximum atomic E-state index is 12.2. The quantitative estimate of drug-likeness (QED) is 0.862. The highest BCUT2D eigenvalue weighted by molar-refractivity contribution is 6.35. The molecule has 4 nitrogen and oxygen atoms in total. The number of carbonyl (C=O) groups excluding carboxylic acids is 2. The van der Waals surface area contributed by atoms with E-state index in [1.807, 2.05) is 6.92 Å². The summed E-state index contributed by atoms with van der Waals surface area (Å²) in [6.45, 7) is 2.30. The molecule has 100 valence electrons. The van der Waals surface area contributed by atoms with Gasteiger partial charge in [0.15, 0.2) is 5.76 Å². The van der Waals surface area contributed by atoms with Gasteiger partial charge in [-0.05, 0) is 24.1 Å². The highest BCUT2D eigenvalue weighted by atomic mass is 35.5. The third kappa shape index (κ3) is 2.49. The fraction of sp³-hybridized carbons (Fsp3) is 0.286. The predicted molar refractivity (Wildman–Crippen MR) is 72.6 cm³/mol. The topological polar surface area (TPSA) is 57.6 Å². The van der Waals surface area contributed by atoms with Crippen LogP contribution in [0.15, 0.2) is 30.0 Å². The van der Waals surface area contributed by atoms with Gasteiger partial charge in [0.25, 0.3) is 11.8 Å². The number of imide groups is 1. The molecule has 19 heavy (non-hydrogen) atoms. The van der Waals surface area contributed by atoms with E-state index in [2.05, 4.69) is 0 Å². The molecule has 0 aromatic heterocycles. The summed E-state index contributed by atoms with van der Waals surface area (Å²) in [5.41, 5.74) is 0.553. The summed E-state index contributed by atoms with van der Waals surface area (Å²) in [6, 6.07) is 6.46. The van der Waals surface area contributed by atoms with E-state index in [4.69, 9.17) is 11.6 Å². The minimum absolute atomic E-state index is 0.0535. The molecule has 0 saturated heterocycles. The zero-order valence-electron chi connectivity index (χ0n) is 10.5. The molecule has 0 radical (unpaired) electrons. The maximum Gasteiger partial charge on any atom is 0.296 e. The zero-order valence-corrected chi connectivity index (χ0v) is 11.3. The number of benzene rings is 1. The summed E-state index contributed by atoms with van der Waals surface area (Å²) in [7, 11) is 0. The first-order valence-electron chi connectivity index (χ1n) is 6.11. The highest BCUT2D eigenvalue weighted by Gasteiger charge is 2.38. The van der Waals surface area contributed by atoms with Crippen LogP contribution in [-0.2, 0) is 9.59 Å². The van der Waals surface area contributed by atoms with Crippen LogP contribution in [0, 0.1) is 0 Å². The van der Waals surface area contributed by atoms with Crippen molar-refractivity contribution >= 4 is 29.0 Å². The van der Waals surface area contributed by atoms with E-state index in [0.717, 1.165) is 17.7 Å². The van der Waals surface area contributed by atoms with Gasteiger partial charge in [0.05, 0.1) is 5.57 Å². The number of halogens is 1. The Balaban J connectivity index is 2.32. The molecule has 0 atom stereocenters. The van der Waals surface area contributed by atoms with E-state index >= 15 is 0 Å². The molecule has 1 heterocycles. The molecule has 1 aromatic rings. The average molecular weight is 280 g/mol. The van der Waals surface area contributed by atoms with Crippen LogP contribution in [0.1, 0.15) is 25.3 Å². The molecule has 2 rings (SSSR count). The normalized spacial score (nSPS) is 15.6. The number of rotatable bonds is 4. The van der Waals surface area contributed by atoms with Crippen molar-refractivity contribution in [1.82, 2.24) is 4.90 Å². The van der Waals surface area contributed by atoms with Gasteiger partial charge in [-0.25, -0.2) is 0 Å². The second-order valence-corrected chi connectivity index (χ2v) is 4.78. The van der Waals surface area contributed by atoms with Crippen LogP contribution in [0.4, 0.5) is 0 Å². The first kappa shape index (κ1) is 13.6. The number of amides is 2. The lowest BCUT2D eigenvalue weighted by Gasteiger charge is -2.13. The van der Waals surface area contributed by atoms with Gasteiger partial charge in [0, 0.05) is 11.6 Å². The molecule has 1 aliphatic heterocycles. The molecular weight excluding hydrogens is 266 g/mol. The summed E-state index contributed by atoms with van der Waals surface area (Å²) in [4.78, 5) is 25.1. The number of hydrogen-bond donors (Lipinski definition) is 1. The lowest BCUT2D eigenvalue weighted by Crippen LogP contribution is -2.32. The van der Waals surface area contributed by atoms with Crippen LogP contribution in [0.25, 0.3) is 5.57 Å². The van der Waals surface area contributed by atoms with Gasteiger partial charge in [0.2, 0.25) is 0 Å². The number of aliphatic hydroxyl groups is 1. The monoisotopic (exact) mass is 279 g/mol. The van der Waals surface area contributed by atoms with E-state index in [1.165, 1.54) is 0 Å². The fourth-order valence-electron chi connectivity index (χ4n) is 1.96. The van der Waals surface area contributed by atoms with Gasteiger partial charge in [-0.3, -0.25) is 14.5 Å². The third-order valence-electron chi connectivity index (χ3n) is 3.01. The van der Waals surface area contributed by atoms with Crippen molar-refractivity contribution in [2.75, 3.05) is 6.54 Å². The van der Waals surface area contributed by atoms with Gasteiger partial charge in [-0.15, -0.1) is 0 Å². The minimum Gasteiger partial charge on any atom is -0.502 e. The largest absolute Gasteiger partial charge is 0.502 e. The number of unbranched alkanes of at least 4 members (excludes halogenated alkanes) is 1. The van der Waals surface area contributed by atoms with Crippen molar-refractivity contribution in [2.24, 2.45) is 0 Å². The van der Waals surface area contributed by atoms with Crippen LogP contribution >= 0.6 is 11.6 Å². The van der Waals surface area contributed by atoms with Gasteiger partial charge in [0.1, 0.15) is 0 Å². The van der Waals surface area contributed by atoms with Crippen LogP contribution in [0.2, 0.25) is 5.02 Å². The standard InChI is InChI=1S/C14H14ClNO3/c1-2-3-8-16-13(18)11(12(17)14(16)19)9-4-6-10(15)7-5-9/h4-7,17H,2-3,8H2,1H3. The summed E-state index contributed by atoms with van der Waals surface area (Å²) < 4.78 is 0. The molecule has 0 saturated carbocycles. The van der Waals surface area contributed by atoms with Crippen LogP contribution in [0.5, 0.6) is 0 Å². The summed E-state index contributed by atoms with van der Waals surface area (Å²) in [5.74, 6) is -1.55. The highest BCUT2D eigenvalue weighted by Crippen LogP contribution is 2.28. The Bertz CT molecular complexity index is 548. The van der Waals surface area contributed by atoms with E-state index in [9.17, 15) is 14.7 Å². The van der Waals surface area contributed by atoms with Crippen LogP contribution < -0.4 is 0 Å². The van der Waals surface area contributed by atoms with Crippen molar-refractivity contribution < 1.29 is 14.7 Å². The molecule has 1 N–H and O–H groups in total. The molecule has 0 bridgehead atoms. The second-order valence-electron chi connectivity index (χ2n) is 4.35. The van der Waals surface area contributed by atoms with Gasteiger partial charge in [-0.1, -0.05) is 37.1 Å². The van der Waals surface area contributed by atoms with Gasteiger partial charge < -0.3 is 5.11 Å². The summed E-state index contributed by atoms with van der Waals surface area (Å²) in [6.07, 6.45) is 1.59. The summed E-state index contributed by atoms with van der Waals surface area (Å²) >= 11 is 5.78. The van der Waals surface area contributed by atoms with E-state index < -0.39 is 17.6 Å². The molecular formula is C14H14ClNO3. The Morgan fingerprint density at radius 3 is 2.37 bits per heavy atom. The Morgan fingerprint density at radius 1 is 1.16 bits per heavy atom. The van der Waals surface area contributed by atoms with Crippen molar-refractivity contribution in [1.29, 1.82) is 0 Å². The Kier molecular flexibility index (Phi) is 3.90. The molecule has 0 unspecified atom stereocenters. The van der Waals surface area contributed by atoms with Crippen LogP contribution in [-0.4, -0.2) is 28.4 Å². The smallest absolute Gasteiger partial charge is 0.296 e. The van der Waals surface area contributed by atoms with E-state index in [1.54, 1.807) is 24.3 Å². The van der Waals surface area contributed by atoms with E-state index in [0.29, 0.717) is 17.1 Å². The summed E-state index contributed by atoms with van der Waals surface area (Å²) in [5, 5.41) is 10.4. The predicted octanol–water partition coefficient (Wildman–Crippen LogP) is 2.78. The van der Waals surface area contributed by atoms with Crippen molar-refractivity contribution in [2.45, 2.75) is 19.8 Å². The average Bonchev–Trinajstić information content (AvgIpc) is 2.60. The van der Waals surface area contributed by atoms with Crippen molar-refractivity contribution in [3.8, 4) is 0 Å². The lowest BCUT2D eigenvalue weighted by molar-refractivity contribution is -0.138. The minimum atomic E-state index is -0.622. The SMILES string of the molecule is CCCCN1C(=O)C(O)=C(c2ccc(Cl)cc2)C1=O. The number of nitrogens with zero attached hydrogens (tertiary/aromatic N) is 1. The first-order chi connectivity index (χ1) is 9.06. The number of aliphatic hydroxyl groups excluding tert-OH is 1. The number of carbonyl (C=O) groups is 2. The molecule has 1 aromatic carbocycles. The van der Waals surface area contributed by atoms with E-state index in [-0.39, 0.29) is 5.57 Å². The molecule has 0 spiro atoms. The Hall–Kier alpha value is -1.81. The van der Waals surface area contributed by atoms with Gasteiger partial charge in [-0.2, -0.15) is 0 Å². The Morgan fingerprint density at radius 2 is 1.79 bits per heavy atom. The molecule has 5 heteroatoms. The molecule has 0 fully saturated rings. The second kappa shape index (κ2) is 5.45. The van der Waals surface area contributed by atoms with Crippen molar-refractivity contribution in [3.63, 3.8) is 0 Å². The van der Waals surface area contributed by atoms with Crippen molar-refractivity contribution in [3.05, 3.63) is 40.6 Å².